The standard InChI is InChI=1S/C29H36/c1-3-5-6-7-25-8-10-26(11-9-25)16-17-28-18-21-29(22-19-28,23-20-28)27-14-12-24(4-2)13-15-27/h8-15H,3-7,18-23H2,1-2H3. The van der Waals surface area contributed by atoms with Gasteiger partial charge in [-0.05, 0) is 92.0 Å². The summed E-state index contributed by atoms with van der Waals surface area (Å²) in [5.41, 5.74) is 6.37. The summed E-state index contributed by atoms with van der Waals surface area (Å²) in [5, 5.41) is 0. The van der Waals surface area contributed by atoms with Crippen molar-refractivity contribution in [1.82, 2.24) is 0 Å². The Morgan fingerprint density at radius 2 is 1.34 bits per heavy atom. The highest BCUT2D eigenvalue weighted by Gasteiger charge is 2.48. The Balaban J connectivity index is 1.40. The normalized spacial score (nSPS) is 25.4. The van der Waals surface area contributed by atoms with Gasteiger partial charge in [0.2, 0.25) is 0 Å². The third-order valence-corrected chi connectivity index (χ3v) is 7.72. The van der Waals surface area contributed by atoms with Crippen LogP contribution in [0.4, 0.5) is 0 Å². The van der Waals surface area contributed by atoms with E-state index in [4.69, 9.17) is 0 Å². The smallest absolute Gasteiger partial charge is 0.0319 e. The Kier molecular flexibility index (Phi) is 6.15. The fourth-order valence-corrected chi connectivity index (χ4v) is 5.44. The van der Waals surface area contributed by atoms with Crippen molar-refractivity contribution in [3.63, 3.8) is 0 Å². The molecule has 0 spiro atoms. The number of rotatable bonds is 6. The van der Waals surface area contributed by atoms with Crippen LogP contribution in [-0.2, 0) is 18.3 Å². The molecule has 0 amide bonds. The van der Waals surface area contributed by atoms with E-state index in [1.807, 2.05) is 0 Å². The Labute approximate surface area is 178 Å². The van der Waals surface area contributed by atoms with Gasteiger partial charge in [-0.1, -0.05) is 74.9 Å². The molecular formula is C29H36. The van der Waals surface area contributed by atoms with Gasteiger partial charge in [-0.2, -0.15) is 0 Å². The molecule has 0 N–H and O–H groups in total. The highest BCUT2D eigenvalue weighted by molar-refractivity contribution is 5.39. The quantitative estimate of drug-likeness (QED) is 0.355. The van der Waals surface area contributed by atoms with Crippen LogP contribution in [0.15, 0.2) is 48.5 Å². The zero-order chi connectivity index (χ0) is 20.2. The van der Waals surface area contributed by atoms with E-state index in [1.54, 1.807) is 5.56 Å². The maximum absolute atomic E-state index is 3.75. The zero-order valence-electron chi connectivity index (χ0n) is 18.4. The second-order valence-corrected chi connectivity index (χ2v) is 9.52. The summed E-state index contributed by atoms with van der Waals surface area (Å²) in [5.74, 6) is 7.29. The Hall–Kier alpha value is -2.00. The lowest BCUT2D eigenvalue weighted by molar-refractivity contribution is 0.0865. The van der Waals surface area contributed by atoms with E-state index in [9.17, 15) is 0 Å². The van der Waals surface area contributed by atoms with E-state index in [1.165, 1.54) is 80.9 Å². The molecule has 2 aromatic carbocycles. The third-order valence-electron chi connectivity index (χ3n) is 7.72. The first-order valence-electron chi connectivity index (χ1n) is 11.9. The molecule has 0 aromatic heterocycles. The van der Waals surface area contributed by atoms with Crippen LogP contribution in [0.25, 0.3) is 0 Å². The summed E-state index contributed by atoms with van der Waals surface area (Å²) in [4.78, 5) is 0. The second kappa shape index (κ2) is 8.79. The highest BCUT2D eigenvalue weighted by atomic mass is 14.5. The van der Waals surface area contributed by atoms with Gasteiger partial charge in [0.05, 0.1) is 0 Å². The molecule has 3 fully saturated rings. The first-order chi connectivity index (χ1) is 14.2. The van der Waals surface area contributed by atoms with Gasteiger partial charge in [-0.25, -0.2) is 0 Å². The van der Waals surface area contributed by atoms with Crippen LogP contribution in [0.1, 0.15) is 93.9 Å². The molecular weight excluding hydrogens is 348 g/mol. The van der Waals surface area contributed by atoms with Gasteiger partial charge < -0.3 is 0 Å². The van der Waals surface area contributed by atoms with Gasteiger partial charge in [0, 0.05) is 11.0 Å². The maximum Gasteiger partial charge on any atom is 0.0319 e. The molecule has 0 nitrogen and oxygen atoms in total. The van der Waals surface area contributed by atoms with Crippen molar-refractivity contribution in [3.05, 3.63) is 70.8 Å². The second-order valence-electron chi connectivity index (χ2n) is 9.52. The summed E-state index contributed by atoms with van der Waals surface area (Å²) in [7, 11) is 0. The van der Waals surface area contributed by atoms with Crippen LogP contribution in [0, 0.1) is 17.3 Å². The van der Waals surface area contributed by atoms with E-state index >= 15 is 0 Å². The molecule has 5 rings (SSSR count). The molecule has 0 atom stereocenters. The molecule has 0 heterocycles. The molecule has 3 aliphatic rings. The summed E-state index contributed by atoms with van der Waals surface area (Å²) in [6.07, 6.45) is 14.0. The molecule has 0 aliphatic heterocycles. The summed E-state index contributed by atoms with van der Waals surface area (Å²) >= 11 is 0. The van der Waals surface area contributed by atoms with Crippen LogP contribution in [0.5, 0.6) is 0 Å². The predicted octanol–water partition coefficient (Wildman–Crippen LogP) is 7.63. The van der Waals surface area contributed by atoms with Crippen molar-refractivity contribution < 1.29 is 0 Å². The van der Waals surface area contributed by atoms with E-state index < -0.39 is 0 Å². The Bertz CT molecular complexity index is 832. The van der Waals surface area contributed by atoms with Crippen LogP contribution >= 0.6 is 0 Å². The molecule has 0 radical (unpaired) electrons. The summed E-state index contributed by atoms with van der Waals surface area (Å²) in [6, 6.07) is 18.5. The minimum absolute atomic E-state index is 0.269. The maximum atomic E-state index is 3.75. The summed E-state index contributed by atoms with van der Waals surface area (Å²) in [6.45, 7) is 4.50. The molecule has 0 heteroatoms. The van der Waals surface area contributed by atoms with Gasteiger partial charge >= 0.3 is 0 Å². The minimum Gasteiger partial charge on any atom is -0.0911 e. The van der Waals surface area contributed by atoms with E-state index in [2.05, 4.69) is 74.2 Å². The monoisotopic (exact) mass is 384 g/mol. The molecule has 2 aromatic rings. The highest BCUT2D eigenvalue weighted by Crippen LogP contribution is 2.57. The fraction of sp³-hybridized carbons (Fsp3) is 0.517. The SMILES string of the molecule is CCCCCc1ccc(C#CC23CCC(c4ccc(CC)cc4)(CC2)CC3)cc1. The van der Waals surface area contributed by atoms with Crippen LogP contribution in [0.2, 0.25) is 0 Å². The third kappa shape index (κ3) is 4.45. The molecule has 152 valence electrons. The van der Waals surface area contributed by atoms with Gasteiger partial charge in [0.25, 0.3) is 0 Å². The van der Waals surface area contributed by atoms with Crippen molar-refractivity contribution in [1.29, 1.82) is 0 Å². The Morgan fingerprint density at radius 3 is 1.93 bits per heavy atom. The number of hydrogen-bond acceptors (Lipinski definition) is 0. The van der Waals surface area contributed by atoms with Crippen molar-refractivity contribution >= 4 is 0 Å². The lowest BCUT2D eigenvalue weighted by Gasteiger charge is -2.51. The zero-order valence-corrected chi connectivity index (χ0v) is 18.4. The topological polar surface area (TPSA) is 0 Å². The van der Waals surface area contributed by atoms with Crippen LogP contribution in [-0.4, -0.2) is 0 Å². The van der Waals surface area contributed by atoms with Crippen molar-refractivity contribution in [2.24, 2.45) is 5.41 Å². The average Bonchev–Trinajstić information content (AvgIpc) is 2.80. The van der Waals surface area contributed by atoms with Gasteiger partial charge in [0.15, 0.2) is 0 Å². The Morgan fingerprint density at radius 1 is 0.724 bits per heavy atom. The first kappa shape index (κ1) is 20.3. The molecule has 2 bridgehead atoms. The minimum atomic E-state index is 0.269. The number of benzene rings is 2. The lowest BCUT2D eigenvalue weighted by Crippen LogP contribution is -2.43. The van der Waals surface area contributed by atoms with Gasteiger partial charge in [-0.3, -0.25) is 0 Å². The molecule has 3 saturated carbocycles. The first-order valence-corrected chi connectivity index (χ1v) is 11.9. The molecule has 3 aliphatic carbocycles. The van der Waals surface area contributed by atoms with Crippen LogP contribution in [0.3, 0.4) is 0 Å². The number of aryl methyl sites for hydroxylation is 2. The molecule has 0 unspecified atom stereocenters. The lowest BCUT2D eigenvalue weighted by atomic mass is 9.52. The van der Waals surface area contributed by atoms with Crippen molar-refractivity contribution in [2.75, 3.05) is 0 Å². The largest absolute Gasteiger partial charge is 0.0911 e. The number of unbranched alkanes of at least 4 members (excludes halogenated alkanes) is 2. The van der Waals surface area contributed by atoms with E-state index in [-0.39, 0.29) is 5.41 Å². The average molecular weight is 385 g/mol. The summed E-state index contributed by atoms with van der Waals surface area (Å²) < 4.78 is 0. The molecule has 0 saturated heterocycles. The molecule has 29 heavy (non-hydrogen) atoms. The van der Waals surface area contributed by atoms with Gasteiger partial charge in [0.1, 0.15) is 0 Å². The van der Waals surface area contributed by atoms with E-state index in [0.29, 0.717) is 5.41 Å². The van der Waals surface area contributed by atoms with Crippen molar-refractivity contribution in [2.45, 2.75) is 89.9 Å². The fourth-order valence-electron chi connectivity index (χ4n) is 5.44. The number of hydrogen-bond donors (Lipinski definition) is 0. The van der Waals surface area contributed by atoms with Crippen molar-refractivity contribution in [3.8, 4) is 11.8 Å². The number of fused-ring (bicyclic) bond motifs is 3. The van der Waals surface area contributed by atoms with Crippen LogP contribution < -0.4 is 0 Å². The van der Waals surface area contributed by atoms with Gasteiger partial charge in [-0.15, -0.1) is 0 Å². The van der Waals surface area contributed by atoms with E-state index in [0.717, 1.165) is 6.42 Å². The predicted molar refractivity (Wildman–Crippen MR) is 124 cm³/mol.